The third kappa shape index (κ3) is 3.14. The van der Waals surface area contributed by atoms with E-state index >= 15 is 0 Å². The third-order valence-electron chi connectivity index (χ3n) is 4.44. The molecule has 0 fully saturated rings. The second-order valence-corrected chi connectivity index (χ2v) is 7.50. The number of H-pyrrole nitrogens is 1. The van der Waals surface area contributed by atoms with Crippen molar-refractivity contribution >= 4 is 33.6 Å². The summed E-state index contributed by atoms with van der Waals surface area (Å²) < 4.78 is 1.66. The van der Waals surface area contributed by atoms with Crippen molar-refractivity contribution in [2.75, 3.05) is 0 Å². The number of para-hydroxylation sites is 2. The molecule has 0 aliphatic rings. The smallest absolute Gasteiger partial charge is 0.262 e. The minimum Gasteiger partial charge on any atom is -0.309 e. The summed E-state index contributed by atoms with van der Waals surface area (Å²) in [5, 5.41) is 1.61. The number of fused-ring (bicyclic) bond motifs is 2. The number of nitrogens with zero attached hydrogens (tertiary/aromatic N) is 3. The lowest BCUT2D eigenvalue weighted by atomic mass is 10.2. The lowest BCUT2D eigenvalue weighted by molar-refractivity contribution is 0.632. The van der Waals surface area contributed by atoms with Crippen LogP contribution >= 0.6 is 11.8 Å². The van der Waals surface area contributed by atoms with Gasteiger partial charge in [0.15, 0.2) is 5.16 Å². The van der Waals surface area contributed by atoms with Gasteiger partial charge in [0, 0.05) is 6.54 Å². The van der Waals surface area contributed by atoms with Crippen LogP contribution in [0.3, 0.4) is 0 Å². The maximum atomic E-state index is 12.8. The van der Waals surface area contributed by atoms with Crippen molar-refractivity contribution in [2.24, 2.45) is 0 Å². The van der Waals surface area contributed by atoms with Crippen LogP contribution in [0.2, 0.25) is 0 Å². The number of hydrogen-bond acceptors (Lipinski definition) is 5. The van der Waals surface area contributed by atoms with Gasteiger partial charge in [-0.2, -0.15) is 0 Å². The largest absolute Gasteiger partial charge is 0.309 e. The fourth-order valence-electron chi connectivity index (χ4n) is 3.03. The molecule has 7 heteroatoms. The number of aromatic amines is 1. The van der Waals surface area contributed by atoms with Crippen molar-refractivity contribution in [3.8, 4) is 0 Å². The first-order valence-electron chi connectivity index (χ1n) is 8.73. The predicted octanol–water partition coefficient (Wildman–Crippen LogP) is 3.51. The van der Waals surface area contributed by atoms with Crippen LogP contribution in [0, 0.1) is 0 Å². The van der Waals surface area contributed by atoms with Crippen LogP contribution in [-0.2, 0) is 6.54 Å². The number of aromatic nitrogens is 4. The van der Waals surface area contributed by atoms with Crippen LogP contribution < -0.4 is 11.1 Å². The highest BCUT2D eigenvalue weighted by atomic mass is 32.2. The molecule has 0 spiro atoms. The van der Waals surface area contributed by atoms with E-state index in [1.807, 2.05) is 50.2 Å². The fraction of sp³-hybridized carbons (Fsp3) is 0.200. The average molecular weight is 378 g/mol. The van der Waals surface area contributed by atoms with Gasteiger partial charge in [0.2, 0.25) is 0 Å². The Morgan fingerprint density at radius 2 is 1.63 bits per heavy atom. The van der Waals surface area contributed by atoms with E-state index in [0.29, 0.717) is 39.3 Å². The molecule has 1 atom stereocenters. The Bertz CT molecular complexity index is 1260. The van der Waals surface area contributed by atoms with Gasteiger partial charge in [-0.25, -0.2) is 9.97 Å². The SMILES string of the molecule is CCn1c(S[C@@H](C)c2nc3ccccc3c(=O)[nH]2)nc2ccccc2c1=O. The minimum atomic E-state index is -0.173. The van der Waals surface area contributed by atoms with Crippen LogP contribution in [0.5, 0.6) is 0 Å². The summed E-state index contributed by atoms with van der Waals surface area (Å²) in [7, 11) is 0. The Morgan fingerprint density at radius 3 is 2.33 bits per heavy atom. The molecule has 0 unspecified atom stereocenters. The van der Waals surface area contributed by atoms with E-state index in [2.05, 4.69) is 15.0 Å². The second kappa shape index (κ2) is 7.00. The average Bonchev–Trinajstić information content (AvgIpc) is 2.68. The Morgan fingerprint density at radius 1 is 1.00 bits per heavy atom. The van der Waals surface area contributed by atoms with Gasteiger partial charge in [-0.1, -0.05) is 36.0 Å². The first kappa shape index (κ1) is 17.5. The molecule has 0 aliphatic carbocycles. The zero-order valence-electron chi connectivity index (χ0n) is 15.0. The van der Waals surface area contributed by atoms with E-state index in [1.165, 1.54) is 11.8 Å². The summed E-state index contributed by atoms with van der Waals surface area (Å²) in [4.78, 5) is 37.2. The van der Waals surface area contributed by atoms with Gasteiger partial charge in [0.05, 0.1) is 27.1 Å². The van der Waals surface area contributed by atoms with Crippen LogP contribution in [0.1, 0.15) is 24.9 Å². The van der Waals surface area contributed by atoms with Crippen molar-refractivity contribution in [1.29, 1.82) is 0 Å². The van der Waals surface area contributed by atoms with E-state index < -0.39 is 0 Å². The van der Waals surface area contributed by atoms with Crippen molar-refractivity contribution in [3.05, 3.63) is 75.1 Å². The lowest BCUT2D eigenvalue weighted by Crippen LogP contribution is -2.23. The van der Waals surface area contributed by atoms with E-state index in [4.69, 9.17) is 0 Å². The molecule has 2 aromatic heterocycles. The quantitative estimate of drug-likeness (QED) is 0.434. The van der Waals surface area contributed by atoms with Gasteiger partial charge < -0.3 is 4.98 Å². The van der Waals surface area contributed by atoms with Crippen LogP contribution in [0.25, 0.3) is 21.8 Å². The monoisotopic (exact) mass is 378 g/mol. The highest BCUT2D eigenvalue weighted by Gasteiger charge is 2.17. The molecule has 0 saturated carbocycles. The molecule has 2 heterocycles. The molecule has 1 N–H and O–H groups in total. The van der Waals surface area contributed by atoms with Crippen molar-refractivity contribution < 1.29 is 0 Å². The number of thioether (sulfide) groups is 1. The number of rotatable bonds is 4. The van der Waals surface area contributed by atoms with Gasteiger partial charge in [-0.15, -0.1) is 0 Å². The third-order valence-corrected chi connectivity index (χ3v) is 5.54. The Kier molecular flexibility index (Phi) is 4.53. The predicted molar refractivity (Wildman–Crippen MR) is 108 cm³/mol. The van der Waals surface area contributed by atoms with Crippen LogP contribution in [-0.4, -0.2) is 19.5 Å². The first-order valence-corrected chi connectivity index (χ1v) is 9.61. The van der Waals surface area contributed by atoms with Crippen LogP contribution in [0.15, 0.2) is 63.3 Å². The summed E-state index contributed by atoms with van der Waals surface area (Å²) in [5.74, 6) is 0.564. The zero-order chi connectivity index (χ0) is 19.0. The number of benzene rings is 2. The molecule has 27 heavy (non-hydrogen) atoms. The Labute approximate surface area is 159 Å². The molecule has 2 aromatic carbocycles. The standard InChI is InChI=1S/C20H18N4O2S/c1-3-24-19(26)14-9-5-7-11-16(14)22-20(24)27-12(2)17-21-15-10-6-4-8-13(15)18(25)23-17/h4-12H,3H2,1-2H3,(H,21,23,25)/t12-/m0/s1. The van der Waals surface area contributed by atoms with Crippen LogP contribution in [0.4, 0.5) is 0 Å². The molecular weight excluding hydrogens is 360 g/mol. The van der Waals surface area contributed by atoms with E-state index in [1.54, 1.807) is 16.7 Å². The zero-order valence-corrected chi connectivity index (χ0v) is 15.8. The number of hydrogen-bond donors (Lipinski definition) is 1. The van der Waals surface area contributed by atoms with Gasteiger partial charge in [0.25, 0.3) is 11.1 Å². The normalized spacial score (nSPS) is 12.5. The van der Waals surface area contributed by atoms with Gasteiger partial charge >= 0.3 is 0 Å². The van der Waals surface area contributed by atoms with E-state index in [0.717, 1.165) is 0 Å². The van der Waals surface area contributed by atoms with Gasteiger partial charge in [-0.05, 0) is 38.1 Å². The molecule has 0 saturated heterocycles. The van der Waals surface area contributed by atoms with Gasteiger partial charge in [0.1, 0.15) is 5.82 Å². The summed E-state index contributed by atoms with van der Waals surface area (Å²) in [6.45, 7) is 4.38. The Balaban J connectivity index is 1.78. The highest BCUT2D eigenvalue weighted by Crippen LogP contribution is 2.32. The molecule has 0 amide bonds. The molecule has 0 radical (unpaired) electrons. The topological polar surface area (TPSA) is 80.6 Å². The van der Waals surface area contributed by atoms with Crippen molar-refractivity contribution in [1.82, 2.24) is 19.5 Å². The maximum Gasteiger partial charge on any atom is 0.262 e. The second-order valence-electron chi connectivity index (χ2n) is 6.19. The highest BCUT2D eigenvalue weighted by molar-refractivity contribution is 7.99. The molecule has 0 bridgehead atoms. The minimum absolute atomic E-state index is 0.0576. The molecule has 6 nitrogen and oxygen atoms in total. The molecule has 4 aromatic rings. The lowest BCUT2D eigenvalue weighted by Gasteiger charge is -2.15. The fourth-order valence-corrected chi connectivity index (χ4v) is 4.06. The summed E-state index contributed by atoms with van der Waals surface area (Å²) >= 11 is 1.41. The summed E-state index contributed by atoms with van der Waals surface area (Å²) in [5.41, 5.74) is 1.10. The van der Waals surface area contributed by atoms with Crippen molar-refractivity contribution in [3.63, 3.8) is 0 Å². The molecule has 4 rings (SSSR count). The summed E-state index contributed by atoms with van der Waals surface area (Å²) in [6.07, 6.45) is 0. The van der Waals surface area contributed by atoms with E-state index in [-0.39, 0.29) is 16.4 Å². The molecular formula is C20H18N4O2S. The maximum absolute atomic E-state index is 12.8. The first-order chi connectivity index (χ1) is 13.1. The van der Waals surface area contributed by atoms with Gasteiger partial charge in [-0.3, -0.25) is 14.2 Å². The molecule has 136 valence electrons. The van der Waals surface area contributed by atoms with Crippen molar-refractivity contribution in [2.45, 2.75) is 30.8 Å². The van der Waals surface area contributed by atoms with E-state index in [9.17, 15) is 9.59 Å². The Hall–Kier alpha value is -2.93. The summed E-state index contributed by atoms with van der Waals surface area (Å²) in [6, 6.07) is 14.6. The number of nitrogens with one attached hydrogen (secondary N) is 1. The molecule has 0 aliphatic heterocycles.